The Bertz CT molecular complexity index is 668. The van der Waals surface area contributed by atoms with Gasteiger partial charge in [-0.25, -0.2) is 0 Å². The van der Waals surface area contributed by atoms with Crippen LogP contribution in [0.25, 0.3) is 0 Å². The lowest BCUT2D eigenvalue weighted by molar-refractivity contribution is -0.127. The number of rotatable bonds is 1. The van der Waals surface area contributed by atoms with Crippen LogP contribution < -0.4 is 0 Å². The molecule has 1 aromatic carbocycles. The second kappa shape index (κ2) is 5.03. The van der Waals surface area contributed by atoms with Crippen molar-refractivity contribution in [3.8, 4) is 0 Å². The number of aryl methyl sites for hydroxylation is 1. The van der Waals surface area contributed by atoms with Crippen molar-refractivity contribution in [3.63, 3.8) is 0 Å². The number of benzene rings is 1. The van der Waals surface area contributed by atoms with Crippen LogP contribution in [0.15, 0.2) is 54.7 Å². The summed E-state index contributed by atoms with van der Waals surface area (Å²) in [6.07, 6.45) is 4.66. The number of allylic oxidation sites excluding steroid dienone is 3. The predicted molar refractivity (Wildman–Crippen MR) is 86.2 cm³/mol. The van der Waals surface area contributed by atoms with Crippen LogP contribution in [0.3, 0.4) is 0 Å². The average Bonchev–Trinajstić information content (AvgIpc) is 2.67. The standard InChI is InChI=1S/C19H21NO/c1-5-6-15-13(3)10-14-8-7-12(2)9-16(14)18-17(15)11-20(4)19(18)21/h5-9,17-18H,1,3,10-11H2,2,4H3/b15-6+/t17?,18-/m0/s1. The highest BCUT2D eigenvalue weighted by Crippen LogP contribution is 2.44. The Morgan fingerprint density at radius 2 is 2.14 bits per heavy atom. The minimum atomic E-state index is -0.0738. The summed E-state index contributed by atoms with van der Waals surface area (Å²) in [6.45, 7) is 10.9. The maximum atomic E-state index is 12.7. The maximum absolute atomic E-state index is 12.7. The third-order valence-electron chi connectivity index (χ3n) is 4.66. The molecule has 1 heterocycles. The number of nitrogens with zero attached hydrogens (tertiary/aromatic N) is 1. The lowest BCUT2D eigenvalue weighted by Gasteiger charge is -2.18. The molecule has 1 fully saturated rings. The summed E-state index contributed by atoms with van der Waals surface area (Å²) in [5.74, 6) is 0.336. The van der Waals surface area contributed by atoms with Crippen molar-refractivity contribution in [2.75, 3.05) is 13.6 Å². The summed E-state index contributed by atoms with van der Waals surface area (Å²) in [6, 6.07) is 6.44. The van der Waals surface area contributed by atoms with E-state index in [4.69, 9.17) is 0 Å². The van der Waals surface area contributed by atoms with Crippen molar-refractivity contribution in [2.24, 2.45) is 5.92 Å². The lowest BCUT2D eigenvalue weighted by Crippen LogP contribution is -2.22. The molecule has 1 unspecified atom stereocenters. The zero-order valence-electron chi connectivity index (χ0n) is 12.7. The highest BCUT2D eigenvalue weighted by Gasteiger charge is 2.44. The first-order valence-electron chi connectivity index (χ1n) is 7.38. The molecule has 108 valence electrons. The molecule has 1 saturated heterocycles. The van der Waals surface area contributed by atoms with Crippen LogP contribution in [0.5, 0.6) is 0 Å². The maximum Gasteiger partial charge on any atom is 0.230 e. The van der Waals surface area contributed by atoms with Crippen molar-refractivity contribution in [1.29, 1.82) is 0 Å². The summed E-state index contributed by atoms with van der Waals surface area (Å²) in [7, 11) is 1.89. The van der Waals surface area contributed by atoms with Crippen LogP contribution in [0.2, 0.25) is 0 Å². The van der Waals surface area contributed by atoms with Gasteiger partial charge in [0.15, 0.2) is 0 Å². The van der Waals surface area contributed by atoms with E-state index in [0.717, 1.165) is 18.5 Å². The van der Waals surface area contributed by atoms with Crippen molar-refractivity contribution in [3.05, 3.63) is 71.3 Å². The van der Waals surface area contributed by atoms with E-state index in [1.807, 2.05) is 24.1 Å². The molecule has 0 N–H and O–H groups in total. The Kier molecular flexibility index (Phi) is 3.32. The minimum Gasteiger partial charge on any atom is -0.345 e. The van der Waals surface area contributed by atoms with Gasteiger partial charge in [0.25, 0.3) is 0 Å². The summed E-state index contributed by atoms with van der Waals surface area (Å²) in [5, 5.41) is 0. The number of fused-ring (bicyclic) bond motifs is 3. The van der Waals surface area contributed by atoms with E-state index in [1.54, 1.807) is 0 Å². The minimum absolute atomic E-state index is 0.0738. The first kappa shape index (κ1) is 13.9. The fourth-order valence-electron chi connectivity index (χ4n) is 3.66. The van der Waals surface area contributed by atoms with Crippen molar-refractivity contribution in [2.45, 2.75) is 19.3 Å². The van der Waals surface area contributed by atoms with Gasteiger partial charge in [-0.15, -0.1) is 0 Å². The van der Waals surface area contributed by atoms with Crippen LogP contribution >= 0.6 is 0 Å². The van der Waals surface area contributed by atoms with E-state index in [2.05, 4.69) is 38.3 Å². The van der Waals surface area contributed by atoms with Crippen LogP contribution in [0, 0.1) is 12.8 Å². The lowest BCUT2D eigenvalue weighted by atomic mass is 9.82. The molecule has 2 atom stereocenters. The van der Waals surface area contributed by atoms with Gasteiger partial charge in [0.2, 0.25) is 5.91 Å². The molecule has 0 saturated carbocycles. The zero-order valence-corrected chi connectivity index (χ0v) is 12.7. The number of likely N-dealkylation sites (tertiary alicyclic amines) is 1. The van der Waals surface area contributed by atoms with Gasteiger partial charge in [0.05, 0.1) is 5.92 Å². The van der Waals surface area contributed by atoms with E-state index in [9.17, 15) is 4.79 Å². The van der Waals surface area contributed by atoms with Gasteiger partial charge in [0.1, 0.15) is 0 Å². The molecular formula is C19H21NO. The summed E-state index contributed by atoms with van der Waals surface area (Å²) >= 11 is 0. The third-order valence-corrected chi connectivity index (χ3v) is 4.66. The molecule has 2 aliphatic rings. The monoisotopic (exact) mass is 279 g/mol. The molecule has 1 aliphatic carbocycles. The van der Waals surface area contributed by atoms with E-state index in [-0.39, 0.29) is 17.7 Å². The van der Waals surface area contributed by atoms with E-state index < -0.39 is 0 Å². The zero-order chi connectivity index (χ0) is 15.1. The van der Waals surface area contributed by atoms with E-state index in [0.29, 0.717) is 0 Å². The van der Waals surface area contributed by atoms with Gasteiger partial charge in [-0.05, 0) is 35.6 Å². The molecule has 1 aromatic rings. The Labute approximate surface area is 126 Å². The Balaban J connectivity index is 2.22. The largest absolute Gasteiger partial charge is 0.345 e. The summed E-state index contributed by atoms with van der Waals surface area (Å²) in [5.41, 5.74) is 5.91. The summed E-state index contributed by atoms with van der Waals surface area (Å²) in [4.78, 5) is 14.5. The highest BCUT2D eigenvalue weighted by atomic mass is 16.2. The first-order chi connectivity index (χ1) is 10.0. The summed E-state index contributed by atoms with van der Waals surface area (Å²) < 4.78 is 0. The SMILES string of the molecule is C=C/C=C1\C(=C)Cc2ccc(C)cc2[C@@H]2C(=O)N(C)CC12. The van der Waals surface area contributed by atoms with E-state index >= 15 is 0 Å². The quantitative estimate of drug-likeness (QED) is 0.771. The smallest absolute Gasteiger partial charge is 0.230 e. The molecule has 21 heavy (non-hydrogen) atoms. The normalized spacial score (nSPS) is 26.6. The molecule has 0 aromatic heterocycles. The predicted octanol–water partition coefficient (Wildman–Crippen LogP) is 3.39. The van der Waals surface area contributed by atoms with Crippen LogP contribution in [0.4, 0.5) is 0 Å². The molecule has 2 nitrogen and oxygen atoms in total. The Morgan fingerprint density at radius 1 is 1.38 bits per heavy atom. The average molecular weight is 279 g/mol. The second-order valence-corrected chi connectivity index (χ2v) is 6.14. The fraction of sp³-hybridized carbons (Fsp3) is 0.316. The third kappa shape index (κ3) is 2.15. The van der Waals surface area contributed by atoms with Crippen molar-refractivity contribution in [1.82, 2.24) is 4.90 Å². The molecule has 1 amide bonds. The van der Waals surface area contributed by atoms with E-state index in [1.165, 1.54) is 22.3 Å². The van der Waals surface area contributed by atoms with Gasteiger partial charge in [-0.2, -0.15) is 0 Å². The molecule has 0 bridgehead atoms. The number of carbonyl (C=O) groups is 1. The van der Waals surface area contributed by atoms with Crippen LogP contribution in [-0.2, 0) is 11.2 Å². The molecular weight excluding hydrogens is 258 g/mol. The molecule has 0 spiro atoms. The topological polar surface area (TPSA) is 20.3 Å². The second-order valence-electron chi connectivity index (χ2n) is 6.14. The first-order valence-corrected chi connectivity index (χ1v) is 7.38. The van der Waals surface area contributed by atoms with Gasteiger partial charge < -0.3 is 4.90 Å². The van der Waals surface area contributed by atoms with Gasteiger partial charge in [0, 0.05) is 19.5 Å². The Hall–Kier alpha value is -2.09. The number of hydrogen-bond acceptors (Lipinski definition) is 1. The molecule has 1 aliphatic heterocycles. The Morgan fingerprint density at radius 3 is 2.86 bits per heavy atom. The number of likely N-dealkylation sites (N-methyl/N-ethyl adjacent to an activating group) is 1. The molecule has 2 heteroatoms. The van der Waals surface area contributed by atoms with Gasteiger partial charge in [-0.1, -0.05) is 49.1 Å². The molecule has 3 rings (SSSR count). The van der Waals surface area contributed by atoms with Crippen molar-refractivity contribution >= 4 is 5.91 Å². The van der Waals surface area contributed by atoms with Gasteiger partial charge >= 0.3 is 0 Å². The van der Waals surface area contributed by atoms with Crippen molar-refractivity contribution < 1.29 is 4.79 Å². The van der Waals surface area contributed by atoms with Crippen LogP contribution in [0.1, 0.15) is 22.6 Å². The fourth-order valence-corrected chi connectivity index (χ4v) is 3.66. The van der Waals surface area contributed by atoms with Gasteiger partial charge in [-0.3, -0.25) is 4.79 Å². The number of amides is 1. The number of hydrogen-bond donors (Lipinski definition) is 0. The van der Waals surface area contributed by atoms with Crippen LogP contribution in [-0.4, -0.2) is 24.4 Å². The highest BCUT2D eigenvalue weighted by molar-refractivity contribution is 5.88. The molecule has 0 radical (unpaired) electrons. The number of carbonyl (C=O) groups excluding carboxylic acids is 1.